The van der Waals surface area contributed by atoms with Crippen LogP contribution in [0.3, 0.4) is 0 Å². The van der Waals surface area contributed by atoms with Crippen molar-refractivity contribution in [2.45, 2.75) is 25.7 Å². The van der Waals surface area contributed by atoms with Crippen LogP contribution in [0.15, 0.2) is 23.6 Å². The largest absolute Gasteiger partial charge is 0.482 e. The molecule has 1 aliphatic carbocycles. The van der Waals surface area contributed by atoms with Gasteiger partial charge < -0.3 is 14.8 Å². The maximum Gasteiger partial charge on any atom is 0.341 e. The first-order valence-electron chi connectivity index (χ1n) is 8.44. The second-order valence-electron chi connectivity index (χ2n) is 5.98. The highest BCUT2D eigenvalue weighted by Crippen LogP contribution is 2.46. The van der Waals surface area contributed by atoms with E-state index in [0.717, 1.165) is 18.4 Å². The van der Waals surface area contributed by atoms with Gasteiger partial charge in [-0.3, -0.25) is 4.79 Å². The Morgan fingerprint density at radius 3 is 2.81 bits per heavy atom. The number of carbonyl (C=O) groups is 2. The van der Waals surface area contributed by atoms with E-state index >= 15 is 0 Å². The zero-order valence-corrected chi connectivity index (χ0v) is 16.2. The van der Waals surface area contributed by atoms with Crippen molar-refractivity contribution in [3.8, 4) is 11.8 Å². The first-order chi connectivity index (χ1) is 13.0. The Morgan fingerprint density at radius 1 is 1.41 bits per heavy atom. The smallest absolute Gasteiger partial charge is 0.341 e. The number of hydrogen-bond donors (Lipinski definition) is 1. The standard InChI is InChI=1S/C19H17ClN2O4S/c1-2-25-19(24)17-13(12-4-5-12)10-27-18(17)22-16(23)9-26-15-6-3-11(8-21)7-14(15)20/h3,6-7,10,12H,2,4-5,9H2,1H3,(H,22,23). The number of carbonyl (C=O) groups excluding carboxylic acids is 2. The first kappa shape index (κ1) is 19.2. The van der Waals surface area contributed by atoms with Crippen LogP contribution in [-0.2, 0) is 9.53 Å². The number of nitrogens with one attached hydrogen (secondary N) is 1. The predicted octanol–water partition coefficient (Wildman–Crippen LogP) is 4.34. The Hall–Kier alpha value is -2.56. The summed E-state index contributed by atoms with van der Waals surface area (Å²) in [6, 6.07) is 6.53. The van der Waals surface area contributed by atoms with Crippen LogP contribution in [0.4, 0.5) is 5.00 Å². The van der Waals surface area contributed by atoms with Gasteiger partial charge in [-0.15, -0.1) is 11.3 Å². The topological polar surface area (TPSA) is 88.4 Å². The number of nitriles is 1. The van der Waals surface area contributed by atoms with E-state index in [1.165, 1.54) is 23.5 Å². The van der Waals surface area contributed by atoms with Gasteiger partial charge in [0.25, 0.3) is 5.91 Å². The van der Waals surface area contributed by atoms with Crippen LogP contribution < -0.4 is 10.1 Å². The average molecular weight is 405 g/mol. The van der Waals surface area contributed by atoms with Crippen molar-refractivity contribution in [1.82, 2.24) is 0 Å². The molecule has 1 heterocycles. The number of benzene rings is 1. The lowest BCUT2D eigenvalue weighted by Crippen LogP contribution is -2.21. The Bertz CT molecular complexity index is 915. The average Bonchev–Trinajstić information content (AvgIpc) is 3.41. The number of rotatable bonds is 7. The van der Waals surface area contributed by atoms with Gasteiger partial charge in [-0.2, -0.15) is 5.26 Å². The summed E-state index contributed by atoms with van der Waals surface area (Å²) in [5.41, 5.74) is 1.78. The molecular weight excluding hydrogens is 388 g/mol. The minimum absolute atomic E-state index is 0.251. The van der Waals surface area contributed by atoms with Crippen LogP contribution in [0.1, 0.15) is 47.2 Å². The molecule has 1 amide bonds. The molecule has 0 bridgehead atoms. The van der Waals surface area contributed by atoms with Gasteiger partial charge in [-0.25, -0.2) is 4.79 Å². The van der Waals surface area contributed by atoms with E-state index in [0.29, 0.717) is 27.8 Å². The highest BCUT2D eigenvalue weighted by molar-refractivity contribution is 7.15. The molecule has 0 unspecified atom stereocenters. The van der Waals surface area contributed by atoms with Crippen molar-refractivity contribution < 1.29 is 19.1 Å². The summed E-state index contributed by atoms with van der Waals surface area (Å²) in [5, 5.41) is 14.2. The Balaban J connectivity index is 1.67. The van der Waals surface area contributed by atoms with Gasteiger partial charge in [0, 0.05) is 0 Å². The monoisotopic (exact) mass is 404 g/mol. The predicted molar refractivity (Wildman–Crippen MR) is 103 cm³/mol. The third-order valence-corrected chi connectivity index (χ3v) is 5.20. The van der Waals surface area contributed by atoms with Gasteiger partial charge in [-0.1, -0.05) is 11.6 Å². The van der Waals surface area contributed by atoms with Crippen LogP contribution >= 0.6 is 22.9 Å². The summed E-state index contributed by atoms with van der Waals surface area (Å²) < 4.78 is 10.6. The van der Waals surface area contributed by atoms with E-state index < -0.39 is 11.9 Å². The van der Waals surface area contributed by atoms with E-state index in [1.54, 1.807) is 13.0 Å². The van der Waals surface area contributed by atoms with Crippen molar-refractivity contribution in [3.63, 3.8) is 0 Å². The molecule has 1 N–H and O–H groups in total. The minimum atomic E-state index is -0.424. The number of esters is 1. The molecule has 0 saturated heterocycles. The number of amides is 1. The molecule has 8 heteroatoms. The van der Waals surface area contributed by atoms with Gasteiger partial charge in [0.15, 0.2) is 6.61 Å². The normalized spacial score (nSPS) is 12.9. The van der Waals surface area contributed by atoms with Crippen molar-refractivity contribution in [2.75, 3.05) is 18.5 Å². The summed E-state index contributed by atoms with van der Waals surface area (Å²) in [7, 11) is 0. The van der Waals surface area contributed by atoms with Gasteiger partial charge >= 0.3 is 5.97 Å². The summed E-state index contributed by atoms with van der Waals surface area (Å²) in [5.74, 6) is -0.168. The molecule has 1 aliphatic rings. The van der Waals surface area contributed by atoms with Crippen LogP contribution in [0.25, 0.3) is 0 Å². The molecule has 0 radical (unpaired) electrons. The maximum atomic E-state index is 12.3. The molecule has 0 aliphatic heterocycles. The zero-order valence-electron chi connectivity index (χ0n) is 14.6. The van der Waals surface area contributed by atoms with E-state index in [9.17, 15) is 9.59 Å². The Kier molecular flexibility index (Phi) is 5.99. The third kappa shape index (κ3) is 4.59. The fraction of sp³-hybridized carbons (Fsp3) is 0.316. The lowest BCUT2D eigenvalue weighted by Gasteiger charge is -2.10. The van der Waals surface area contributed by atoms with E-state index in [2.05, 4.69) is 5.32 Å². The third-order valence-electron chi connectivity index (χ3n) is 3.99. The minimum Gasteiger partial charge on any atom is -0.482 e. The lowest BCUT2D eigenvalue weighted by molar-refractivity contribution is -0.118. The molecule has 1 aromatic carbocycles. The highest BCUT2D eigenvalue weighted by atomic mass is 35.5. The quantitative estimate of drug-likeness (QED) is 0.693. The van der Waals surface area contributed by atoms with Gasteiger partial charge in [0.05, 0.1) is 28.8 Å². The fourth-order valence-electron chi connectivity index (χ4n) is 2.57. The van der Waals surface area contributed by atoms with E-state index in [4.69, 9.17) is 26.3 Å². The summed E-state index contributed by atoms with van der Waals surface area (Å²) in [4.78, 5) is 24.6. The number of hydrogen-bond acceptors (Lipinski definition) is 6. The van der Waals surface area contributed by atoms with Gasteiger partial charge in [0.2, 0.25) is 0 Å². The van der Waals surface area contributed by atoms with Crippen molar-refractivity contribution in [1.29, 1.82) is 5.26 Å². The van der Waals surface area contributed by atoms with Gasteiger partial charge in [0.1, 0.15) is 10.8 Å². The molecule has 27 heavy (non-hydrogen) atoms. The molecule has 6 nitrogen and oxygen atoms in total. The maximum absolute atomic E-state index is 12.3. The highest BCUT2D eigenvalue weighted by Gasteiger charge is 2.32. The van der Waals surface area contributed by atoms with Crippen LogP contribution in [0.2, 0.25) is 5.02 Å². The van der Waals surface area contributed by atoms with Crippen LogP contribution in [0.5, 0.6) is 5.75 Å². The SMILES string of the molecule is CCOC(=O)c1c(C2CC2)csc1NC(=O)COc1ccc(C#N)cc1Cl. The number of ether oxygens (including phenoxy) is 2. The summed E-state index contributed by atoms with van der Waals surface area (Å²) >= 11 is 7.34. The molecule has 1 saturated carbocycles. The van der Waals surface area contributed by atoms with E-state index in [-0.39, 0.29) is 18.2 Å². The van der Waals surface area contributed by atoms with Crippen molar-refractivity contribution in [2.24, 2.45) is 0 Å². The Labute approximate surface area is 165 Å². The molecule has 0 spiro atoms. The number of halogens is 1. The molecule has 2 aromatic rings. The van der Waals surface area contributed by atoms with Crippen LogP contribution in [-0.4, -0.2) is 25.1 Å². The zero-order chi connectivity index (χ0) is 19.4. The van der Waals surface area contributed by atoms with E-state index in [1.807, 2.05) is 11.4 Å². The lowest BCUT2D eigenvalue weighted by atomic mass is 10.1. The summed E-state index contributed by atoms with van der Waals surface area (Å²) in [6.07, 6.45) is 2.08. The number of nitrogens with zero attached hydrogens (tertiary/aromatic N) is 1. The number of anilines is 1. The molecule has 140 valence electrons. The van der Waals surface area contributed by atoms with Gasteiger partial charge in [-0.05, 0) is 54.8 Å². The molecular formula is C19H17ClN2O4S. The molecule has 0 atom stereocenters. The molecule has 1 aromatic heterocycles. The molecule has 3 rings (SSSR count). The van der Waals surface area contributed by atoms with Crippen LogP contribution in [0, 0.1) is 11.3 Å². The molecule has 1 fully saturated rings. The van der Waals surface area contributed by atoms with Crippen molar-refractivity contribution in [3.05, 3.63) is 45.3 Å². The van der Waals surface area contributed by atoms with Crippen molar-refractivity contribution >= 4 is 39.8 Å². The number of thiophene rings is 1. The fourth-order valence-corrected chi connectivity index (χ4v) is 3.85. The Morgan fingerprint density at radius 2 is 2.19 bits per heavy atom. The second kappa shape index (κ2) is 8.42. The second-order valence-corrected chi connectivity index (χ2v) is 7.27. The first-order valence-corrected chi connectivity index (χ1v) is 9.70. The summed E-state index contributed by atoms with van der Waals surface area (Å²) in [6.45, 7) is 1.74.